The Morgan fingerprint density at radius 3 is 2.67 bits per heavy atom. The fourth-order valence-corrected chi connectivity index (χ4v) is 1.47. The van der Waals surface area contributed by atoms with Crippen molar-refractivity contribution in [1.82, 2.24) is 0 Å². The minimum atomic E-state index is -0.111. The maximum Gasteiger partial charge on any atom is 0.195 e. The van der Waals surface area contributed by atoms with Crippen molar-refractivity contribution in [3.05, 3.63) is 33.7 Å². The maximum atomic E-state index is 11.8. The summed E-state index contributed by atoms with van der Waals surface area (Å²) >= 11 is 0. The van der Waals surface area contributed by atoms with Crippen LogP contribution >= 0.6 is 0 Å². The van der Waals surface area contributed by atoms with E-state index in [1.54, 1.807) is 13.8 Å². The lowest BCUT2D eigenvalue weighted by Crippen LogP contribution is -2.08. The van der Waals surface area contributed by atoms with Crippen LogP contribution in [0.25, 0.3) is 11.0 Å². The van der Waals surface area contributed by atoms with Crippen molar-refractivity contribution >= 4 is 16.7 Å². The summed E-state index contributed by atoms with van der Waals surface area (Å²) in [5.41, 5.74) is 6.43. The lowest BCUT2D eigenvalue weighted by atomic mass is 10.1. The molecule has 2 rings (SSSR count). The van der Waals surface area contributed by atoms with Crippen LogP contribution in [0.1, 0.15) is 11.3 Å². The monoisotopic (exact) mass is 205 g/mol. The summed E-state index contributed by atoms with van der Waals surface area (Å²) < 4.78 is 5.40. The second-order valence-corrected chi connectivity index (χ2v) is 3.49. The van der Waals surface area contributed by atoms with E-state index < -0.39 is 0 Å². The molecule has 0 radical (unpaired) electrons. The Hall–Kier alpha value is -1.97. The molecule has 0 fully saturated rings. The van der Waals surface area contributed by atoms with E-state index in [-0.39, 0.29) is 22.4 Å². The molecule has 0 bridgehead atoms. The highest BCUT2D eigenvalue weighted by atomic mass is 16.3. The summed E-state index contributed by atoms with van der Waals surface area (Å²) in [5.74, 6) is 0.443. The minimum absolute atomic E-state index is 0.0751. The van der Waals surface area contributed by atoms with E-state index in [0.29, 0.717) is 16.7 Å². The molecule has 0 saturated heterocycles. The molecule has 1 aromatic carbocycles. The number of hydrogen-bond donors (Lipinski definition) is 2. The Morgan fingerprint density at radius 2 is 2.00 bits per heavy atom. The Bertz CT molecular complexity index is 599. The highest BCUT2D eigenvalue weighted by molar-refractivity contribution is 5.90. The predicted molar refractivity (Wildman–Crippen MR) is 58.0 cm³/mol. The smallest absolute Gasteiger partial charge is 0.195 e. The number of benzene rings is 1. The molecular formula is C11H11NO3. The Balaban J connectivity index is 3.06. The molecule has 78 valence electrons. The van der Waals surface area contributed by atoms with E-state index in [1.807, 2.05) is 0 Å². The molecule has 0 unspecified atom stereocenters. The van der Waals surface area contributed by atoms with Gasteiger partial charge < -0.3 is 15.3 Å². The third-order valence-electron chi connectivity index (χ3n) is 2.54. The first kappa shape index (κ1) is 9.58. The van der Waals surface area contributed by atoms with Gasteiger partial charge in [0.2, 0.25) is 0 Å². The lowest BCUT2D eigenvalue weighted by Gasteiger charge is -2.05. The second-order valence-electron chi connectivity index (χ2n) is 3.49. The van der Waals surface area contributed by atoms with E-state index in [9.17, 15) is 9.90 Å². The number of rotatable bonds is 0. The molecule has 2 aromatic rings. The number of aromatic hydroxyl groups is 1. The van der Waals surface area contributed by atoms with Crippen molar-refractivity contribution in [3.63, 3.8) is 0 Å². The standard InChI is InChI=1S/C11H11NO3/c1-5-6(2)15-11-7(10(5)14)3-4-8(13)9(11)12/h3-4,13H,12H2,1-2H3. The first-order chi connectivity index (χ1) is 7.02. The number of phenols is 1. The van der Waals surface area contributed by atoms with Gasteiger partial charge in [-0.3, -0.25) is 4.79 Å². The SMILES string of the molecule is Cc1oc2c(N)c(O)ccc2c(=O)c1C. The van der Waals surface area contributed by atoms with E-state index in [2.05, 4.69) is 0 Å². The quantitative estimate of drug-likeness (QED) is 0.507. The van der Waals surface area contributed by atoms with Crippen LogP contribution in [0.15, 0.2) is 21.3 Å². The maximum absolute atomic E-state index is 11.8. The molecular weight excluding hydrogens is 194 g/mol. The molecule has 4 nitrogen and oxygen atoms in total. The molecule has 0 atom stereocenters. The zero-order valence-electron chi connectivity index (χ0n) is 8.50. The number of hydrogen-bond acceptors (Lipinski definition) is 4. The van der Waals surface area contributed by atoms with Crippen LogP contribution in [0.2, 0.25) is 0 Å². The molecule has 0 aliphatic rings. The van der Waals surface area contributed by atoms with Crippen LogP contribution in [0.4, 0.5) is 5.69 Å². The van der Waals surface area contributed by atoms with Crippen molar-refractivity contribution in [3.8, 4) is 5.75 Å². The number of aryl methyl sites for hydroxylation is 1. The zero-order chi connectivity index (χ0) is 11.2. The summed E-state index contributed by atoms with van der Waals surface area (Å²) in [6.45, 7) is 3.39. The van der Waals surface area contributed by atoms with Crippen LogP contribution in [-0.2, 0) is 0 Å². The van der Waals surface area contributed by atoms with Gasteiger partial charge in [-0.05, 0) is 26.0 Å². The summed E-state index contributed by atoms with van der Waals surface area (Å²) in [6, 6.07) is 2.91. The van der Waals surface area contributed by atoms with Crippen molar-refractivity contribution in [1.29, 1.82) is 0 Å². The first-order valence-corrected chi connectivity index (χ1v) is 4.54. The second kappa shape index (κ2) is 3.02. The van der Waals surface area contributed by atoms with Gasteiger partial charge in [0, 0.05) is 5.56 Å². The summed E-state index contributed by atoms with van der Waals surface area (Å²) in [7, 11) is 0. The number of phenolic OH excluding ortho intramolecular Hbond substituents is 1. The largest absolute Gasteiger partial charge is 0.506 e. The molecule has 4 heteroatoms. The van der Waals surface area contributed by atoms with Gasteiger partial charge in [-0.1, -0.05) is 0 Å². The average molecular weight is 205 g/mol. The van der Waals surface area contributed by atoms with Crippen LogP contribution in [-0.4, -0.2) is 5.11 Å². The lowest BCUT2D eigenvalue weighted by molar-refractivity contribution is 0.476. The summed E-state index contributed by atoms with van der Waals surface area (Å²) in [4.78, 5) is 11.8. The molecule has 0 saturated carbocycles. The molecule has 15 heavy (non-hydrogen) atoms. The van der Waals surface area contributed by atoms with Crippen molar-refractivity contribution in [2.45, 2.75) is 13.8 Å². The molecule has 0 aliphatic carbocycles. The predicted octanol–water partition coefficient (Wildman–Crippen LogP) is 1.70. The highest BCUT2D eigenvalue weighted by Gasteiger charge is 2.11. The van der Waals surface area contributed by atoms with Gasteiger partial charge in [0.1, 0.15) is 17.2 Å². The van der Waals surface area contributed by atoms with E-state index in [0.717, 1.165) is 0 Å². The molecule has 1 heterocycles. The van der Waals surface area contributed by atoms with Gasteiger partial charge in [-0.2, -0.15) is 0 Å². The zero-order valence-corrected chi connectivity index (χ0v) is 8.50. The third kappa shape index (κ3) is 1.26. The summed E-state index contributed by atoms with van der Waals surface area (Å²) in [6.07, 6.45) is 0. The Morgan fingerprint density at radius 1 is 1.33 bits per heavy atom. The van der Waals surface area contributed by atoms with Crippen molar-refractivity contribution < 1.29 is 9.52 Å². The average Bonchev–Trinajstić information content (AvgIpc) is 2.21. The third-order valence-corrected chi connectivity index (χ3v) is 2.54. The first-order valence-electron chi connectivity index (χ1n) is 4.54. The fourth-order valence-electron chi connectivity index (χ4n) is 1.47. The van der Waals surface area contributed by atoms with E-state index >= 15 is 0 Å². The van der Waals surface area contributed by atoms with Gasteiger partial charge >= 0.3 is 0 Å². The van der Waals surface area contributed by atoms with Crippen LogP contribution in [0, 0.1) is 13.8 Å². The minimum Gasteiger partial charge on any atom is -0.506 e. The molecule has 0 aliphatic heterocycles. The van der Waals surface area contributed by atoms with Crippen LogP contribution in [0.5, 0.6) is 5.75 Å². The Labute approximate surface area is 85.9 Å². The van der Waals surface area contributed by atoms with Gasteiger partial charge in [-0.25, -0.2) is 0 Å². The van der Waals surface area contributed by atoms with Gasteiger partial charge in [0.15, 0.2) is 11.0 Å². The molecule has 1 aromatic heterocycles. The van der Waals surface area contributed by atoms with Gasteiger partial charge in [0.05, 0.1) is 5.39 Å². The van der Waals surface area contributed by atoms with Crippen molar-refractivity contribution in [2.24, 2.45) is 0 Å². The normalized spacial score (nSPS) is 10.8. The van der Waals surface area contributed by atoms with Gasteiger partial charge in [-0.15, -0.1) is 0 Å². The highest BCUT2D eigenvalue weighted by Crippen LogP contribution is 2.28. The van der Waals surface area contributed by atoms with E-state index in [4.69, 9.17) is 10.2 Å². The summed E-state index contributed by atoms with van der Waals surface area (Å²) in [5, 5.41) is 9.78. The van der Waals surface area contributed by atoms with E-state index in [1.165, 1.54) is 12.1 Å². The number of anilines is 1. The fraction of sp³-hybridized carbons (Fsp3) is 0.182. The Kier molecular flexibility index (Phi) is 1.93. The number of nitrogen functional groups attached to an aromatic ring is 1. The number of fused-ring (bicyclic) bond motifs is 1. The number of nitrogens with two attached hydrogens (primary N) is 1. The van der Waals surface area contributed by atoms with Crippen LogP contribution in [0.3, 0.4) is 0 Å². The molecule has 0 spiro atoms. The van der Waals surface area contributed by atoms with Crippen molar-refractivity contribution in [2.75, 3.05) is 5.73 Å². The topological polar surface area (TPSA) is 76.5 Å². The molecule has 0 amide bonds. The van der Waals surface area contributed by atoms with Crippen LogP contribution < -0.4 is 11.2 Å². The van der Waals surface area contributed by atoms with Gasteiger partial charge in [0.25, 0.3) is 0 Å². The molecule has 3 N–H and O–H groups in total.